The predicted molar refractivity (Wildman–Crippen MR) is 88.3 cm³/mol. The second-order valence-electron chi connectivity index (χ2n) is 5.32. The molecule has 1 nitrogen and oxygen atoms in total. The molecule has 4 rings (SSSR count). The van der Waals surface area contributed by atoms with E-state index in [1.807, 2.05) is 12.3 Å². The molecule has 0 unspecified atom stereocenters. The number of benzene rings is 3. The van der Waals surface area contributed by atoms with Gasteiger partial charge in [-0.2, -0.15) is 0 Å². The molecule has 0 aliphatic heterocycles. The summed E-state index contributed by atoms with van der Waals surface area (Å²) < 4.78 is 0. The van der Waals surface area contributed by atoms with Crippen molar-refractivity contribution < 1.29 is 20.1 Å². The molecule has 0 aliphatic rings. The van der Waals surface area contributed by atoms with Crippen LogP contribution >= 0.6 is 0 Å². The van der Waals surface area contributed by atoms with Crippen LogP contribution in [0.25, 0.3) is 32.8 Å². The molecule has 2 heteroatoms. The van der Waals surface area contributed by atoms with Crippen LogP contribution in [0.3, 0.4) is 0 Å². The van der Waals surface area contributed by atoms with Crippen molar-refractivity contribution in [1.29, 1.82) is 0 Å². The molecule has 0 N–H and O–H groups in total. The van der Waals surface area contributed by atoms with Gasteiger partial charge < -0.3 is 4.98 Å². The number of rotatable bonds is 1. The number of hydrogen-bond donors (Lipinski definition) is 0. The van der Waals surface area contributed by atoms with E-state index in [1.165, 1.54) is 27.1 Å². The smallest absolute Gasteiger partial charge is 0.0167 e. The average molecular weight is 461 g/mol. The molecule has 1 heterocycles. The SMILES string of the molecule is Cc1c[c-]c(-c2nccc3c2ccc2ccccc23)cc1.[Ir]. The number of aryl methyl sites for hydroxylation is 1. The Labute approximate surface area is 143 Å². The van der Waals surface area contributed by atoms with E-state index in [-0.39, 0.29) is 20.1 Å². The molecule has 0 aliphatic carbocycles. The Morgan fingerprint density at radius 2 is 1.68 bits per heavy atom. The maximum absolute atomic E-state index is 4.58. The van der Waals surface area contributed by atoms with Crippen LogP contribution < -0.4 is 0 Å². The van der Waals surface area contributed by atoms with Gasteiger partial charge in [0, 0.05) is 26.3 Å². The molecular weight excluding hydrogens is 446 g/mol. The van der Waals surface area contributed by atoms with Gasteiger partial charge in [-0.05, 0) is 33.3 Å². The van der Waals surface area contributed by atoms with E-state index < -0.39 is 0 Å². The minimum absolute atomic E-state index is 0. The quantitative estimate of drug-likeness (QED) is 0.282. The van der Waals surface area contributed by atoms with Crippen LogP contribution in [0, 0.1) is 13.0 Å². The van der Waals surface area contributed by atoms with Crippen molar-refractivity contribution in [3.05, 3.63) is 78.5 Å². The van der Waals surface area contributed by atoms with Gasteiger partial charge in [-0.1, -0.05) is 43.3 Å². The molecule has 1 radical (unpaired) electrons. The first-order valence-electron chi connectivity index (χ1n) is 7.08. The van der Waals surface area contributed by atoms with E-state index in [0.29, 0.717) is 0 Å². The first-order valence-corrected chi connectivity index (χ1v) is 7.08. The molecule has 3 aromatic carbocycles. The molecule has 4 aromatic rings. The van der Waals surface area contributed by atoms with E-state index in [0.717, 1.165) is 11.3 Å². The third-order valence-corrected chi connectivity index (χ3v) is 3.89. The summed E-state index contributed by atoms with van der Waals surface area (Å²) in [6, 6.07) is 24.4. The normalized spacial score (nSPS) is 10.6. The summed E-state index contributed by atoms with van der Waals surface area (Å²) in [7, 11) is 0. The summed E-state index contributed by atoms with van der Waals surface area (Å²) >= 11 is 0. The third-order valence-electron chi connectivity index (χ3n) is 3.89. The van der Waals surface area contributed by atoms with Crippen molar-refractivity contribution in [1.82, 2.24) is 4.98 Å². The Balaban J connectivity index is 0.00000144. The van der Waals surface area contributed by atoms with Crippen LogP contribution in [0.4, 0.5) is 0 Å². The van der Waals surface area contributed by atoms with Gasteiger partial charge in [0.05, 0.1) is 0 Å². The molecule has 0 amide bonds. The molecule has 0 spiro atoms. The fourth-order valence-electron chi connectivity index (χ4n) is 2.80. The Hall–Kier alpha value is -2.02. The summed E-state index contributed by atoms with van der Waals surface area (Å²) in [5.41, 5.74) is 3.25. The van der Waals surface area contributed by atoms with Crippen molar-refractivity contribution in [2.24, 2.45) is 0 Å². The Morgan fingerprint density at radius 1 is 0.818 bits per heavy atom. The van der Waals surface area contributed by atoms with E-state index in [2.05, 4.69) is 72.6 Å². The fourth-order valence-corrected chi connectivity index (χ4v) is 2.80. The van der Waals surface area contributed by atoms with Crippen molar-refractivity contribution >= 4 is 21.5 Å². The number of pyridine rings is 1. The van der Waals surface area contributed by atoms with Gasteiger partial charge in [0.1, 0.15) is 0 Å². The Morgan fingerprint density at radius 3 is 2.50 bits per heavy atom. The monoisotopic (exact) mass is 461 g/mol. The Kier molecular flexibility index (Phi) is 4.06. The van der Waals surface area contributed by atoms with Crippen LogP contribution in [0.15, 0.2) is 66.9 Å². The standard InChI is InChI=1S/C20H14N.Ir/c1-14-6-8-16(9-7-14)20-19-11-10-15-4-2-3-5-17(15)18(19)12-13-21-20;/h2-8,10-13H,1H3;/q-1;. The second kappa shape index (κ2) is 6.00. The Bertz CT molecular complexity index is 943. The van der Waals surface area contributed by atoms with Crippen LogP contribution in [-0.4, -0.2) is 4.98 Å². The van der Waals surface area contributed by atoms with Gasteiger partial charge in [-0.3, -0.25) is 0 Å². The molecule has 0 bridgehead atoms. The van der Waals surface area contributed by atoms with E-state index in [9.17, 15) is 0 Å². The third kappa shape index (κ3) is 2.45. The average Bonchev–Trinajstić information content (AvgIpc) is 2.55. The summed E-state index contributed by atoms with van der Waals surface area (Å²) in [6.45, 7) is 2.07. The van der Waals surface area contributed by atoms with Gasteiger partial charge in [0.2, 0.25) is 0 Å². The number of hydrogen-bond acceptors (Lipinski definition) is 1. The largest absolute Gasteiger partial charge is 0.304 e. The van der Waals surface area contributed by atoms with Gasteiger partial charge in [-0.15, -0.1) is 35.4 Å². The molecule has 0 atom stereocenters. The zero-order valence-electron chi connectivity index (χ0n) is 12.1. The van der Waals surface area contributed by atoms with Crippen molar-refractivity contribution in [2.75, 3.05) is 0 Å². The van der Waals surface area contributed by atoms with Crippen LogP contribution in [0.5, 0.6) is 0 Å². The minimum atomic E-state index is 0. The topological polar surface area (TPSA) is 12.9 Å². The zero-order chi connectivity index (χ0) is 14.2. The van der Waals surface area contributed by atoms with E-state index >= 15 is 0 Å². The van der Waals surface area contributed by atoms with Gasteiger partial charge in [-0.25, -0.2) is 0 Å². The molecular formula is C20H14IrN-. The maximum Gasteiger partial charge on any atom is 0.0167 e. The molecule has 1 aromatic heterocycles. The fraction of sp³-hybridized carbons (Fsp3) is 0.0500. The van der Waals surface area contributed by atoms with Crippen LogP contribution in [-0.2, 0) is 20.1 Å². The van der Waals surface area contributed by atoms with Crippen molar-refractivity contribution in [3.8, 4) is 11.3 Å². The molecule has 109 valence electrons. The predicted octanol–water partition coefficient (Wildman–Crippen LogP) is 5.16. The summed E-state index contributed by atoms with van der Waals surface area (Å²) in [4.78, 5) is 4.58. The molecule has 22 heavy (non-hydrogen) atoms. The summed E-state index contributed by atoms with van der Waals surface area (Å²) in [5.74, 6) is 0. The van der Waals surface area contributed by atoms with Crippen molar-refractivity contribution in [2.45, 2.75) is 6.92 Å². The van der Waals surface area contributed by atoms with Crippen molar-refractivity contribution in [3.63, 3.8) is 0 Å². The summed E-state index contributed by atoms with van der Waals surface area (Å²) in [6.07, 6.45) is 1.89. The minimum Gasteiger partial charge on any atom is -0.304 e. The molecule has 0 saturated carbocycles. The number of nitrogens with zero attached hydrogens (tertiary/aromatic N) is 1. The summed E-state index contributed by atoms with van der Waals surface area (Å²) in [5, 5.41) is 4.95. The maximum atomic E-state index is 4.58. The van der Waals surface area contributed by atoms with Gasteiger partial charge in [0.15, 0.2) is 0 Å². The van der Waals surface area contributed by atoms with Crippen LogP contribution in [0.1, 0.15) is 5.56 Å². The van der Waals surface area contributed by atoms with Crippen LogP contribution in [0.2, 0.25) is 0 Å². The molecule has 0 fully saturated rings. The number of aromatic nitrogens is 1. The zero-order valence-corrected chi connectivity index (χ0v) is 14.5. The molecule has 0 saturated heterocycles. The van der Waals surface area contributed by atoms with Gasteiger partial charge in [0.25, 0.3) is 0 Å². The van der Waals surface area contributed by atoms with Gasteiger partial charge >= 0.3 is 0 Å². The second-order valence-corrected chi connectivity index (χ2v) is 5.32. The first kappa shape index (κ1) is 14.9. The van der Waals surface area contributed by atoms with E-state index in [1.54, 1.807) is 0 Å². The first-order chi connectivity index (χ1) is 10.3. The van der Waals surface area contributed by atoms with E-state index in [4.69, 9.17) is 0 Å². The number of fused-ring (bicyclic) bond motifs is 3.